The van der Waals surface area contributed by atoms with Crippen molar-refractivity contribution in [2.24, 2.45) is 23.7 Å². The number of thioether (sulfide) groups is 1. The molecule has 0 bridgehead atoms. The third kappa shape index (κ3) is 6.40. The molecule has 0 spiro atoms. The highest BCUT2D eigenvalue weighted by Gasteiger charge is 2.49. The second-order valence-electron chi connectivity index (χ2n) is 12.1. The molecule has 0 aromatic rings. The minimum absolute atomic E-state index is 0.00530. The average Bonchev–Trinajstić information content (AvgIpc) is 3.48. The first kappa shape index (κ1) is 30.6. The number of fused-ring (bicyclic) bond motifs is 1. The number of methoxy groups -OCH3 is 1. The molecule has 5 rings (SSSR count). The van der Waals surface area contributed by atoms with Crippen molar-refractivity contribution < 1.29 is 27.5 Å². The molecule has 5 heterocycles. The largest absolute Gasteiger partial charge is 0.380 e. The molecule has 0 saturated carbocycles. The van der Waals surface area contributed by atoms with E-state index in [1.54, 1.807) is 30.7 Å². The molecular formula is C26H42ClF3N6O3S. The summed E-state index contributed by atoms with van der Waals surface area (Å²) in [7, 11) is 1.71. The summed E-state index contributed by atoms with van der Waals surface area (Å²) in [4.78, 5) is 28.3. The molecule has 5 aliphatic heterocycles. The smallest absolute Gasteiger partial charge is 0.243 e. The van der Waals surface area contributed by atoms with Crippen LogP contribution in [0.3, 0.4) is 0 Å². The molecule has 9 nitrogen and oxygen atoms in total. The van der Waals surface area contributed by atoms with Crippen molar-refractivity contribution in [1.82, 2.24) is 31.5 Å². The summed E-state index contributed by atoms with van der Waals surface area (Å²) in [5.41, 5.74) is -0.437. The van der Waals surface area contributed by atoms with Crippen LogP contribution in [0.2, 0.25) is 0 Å². The highest BCUT2D eigenvalue weighted by Crippen LogP contribution is 2.39. The molecule has 5 aliphatic rings. The Bertz CT molecular complexity index is 915. The van der Waals surface area contributed by atoms with Crippen molar-refractivity contribution in [3.8, 4) is 0 Å². The van der Waals surface area contributed by atoms with E-state index in [2.05, 4.69) is 33.5 Å². The fourth-order valence-electron chi connectivity index (χ4n) is 7.30. The van der Waals surface area contributed by atoms with E-state index in [0.29, 0.717) is 32.2 Å². The van der Waals surface area contributed by atoms with Crippen molar-refractivity contribution in [3.63, 3.8) is 0 Å². The topological polar surface area (TPSA) is 107 Å². The number of hydrogen-bond donors (Lipinski definition) is 5. The molecule has 13 unspecified atom stereocenters. The third-order valence-electron chi connectivity index (χ3n) is 9.58. The van der Waals surface area contributed by atoms with Gasteiger partial charge < -0.3 is 25.6 Å². The number of amides is 2. The van der Waals surface area contributed by atoms with Crippen LogP contribution in [0.4, 0.5) is 13.2 Å². The lowest BCUT2D eigenvalue weighted by atomic mass is 9.70. The van der Waals surface area contributed by atoms with Gasteiger partial charge in [0.1, 0.15) is 17.7 Å². The normalized spacial score (nSPS) is 45.9. The molecule has 228 valence electrons. The SMILES string of the molecule is COC1CNC(Cl)CC1C1CC(C)NCC1C(=O)NC1NC2CN(C(=O)C3NC(C)C(C(F)F)CC3F)CC2S1. The summed E-state index contributed by atoms with van der Waals surface area (Å²) in [6.45, 7) is 5.75. The Morgan fingerprint density at radius 3 is 2.55 bits per heavy atom. The second kappa shape index (κ2) is 12.8. The van der Waals surface area contributed by atoms with Gasteiger partial charge in [0.2, 0.25) is 18.2 Å². The number of carbonyl (C=O) groups is 2. The highest BCUT2D eigenvalue weighted by molar-refractivity contribution is 8.00. The van der Waals surface area contributed by atoms with Crippen LogP contribution in [0.5, 0.6) is 0 Å². The number of nitrogens with one attached hydrogen (secondary N) is 5. The highest BCUT2D eigenvalue weighted by atomic mass is 35.5. The van der Waals surface area contributed by atoms with Gasteiger partial charge >= 0.3 is 0 Å². The van der Waals surface area contributed by atoms with Crippen LogP contribution in [0.25, 0.3) is 0 Å². The molecule has 40 heavy (non-hydrogen) atoms. The van der Waals surface area contributed by atoms with E-state index >= 15 is 0 Å². The number of piperidine rings is 3. The van der Waals surface area contributed by atoms with Crippen LogP contribution in [-0.2, 0) is 14.3 Å². The van der Waals surface area contributed by atoms with Crippen LogP contribution in [0.15, 0.2) is 0 Å². The predicted molar refractivity (Wildman–Crippen MR) is 148 cm³/mol. The first-order valence-corrected chi connectivity index (χ1v) is 15.8. The number of likely N-dealkylation sites (tertiary alicyclic amines) is 1. The summed E-state index contributed by atoms with van der Waals surface area (Å²) >= 11 is 8.01. The van der Waals surface area contributed by atoms with Gasteiger partial charge in [0, 0.05) is 62.6 Å². The van der Waals surface area contributed by atoms with Gasteiger partial charge in [0.05, 0.1) is 17.5 Å². The van der Waals surface area contributed by atoms with Crippen molar-refractivity contribution in [2.45, 2.75) is 92.2 Å². The van der Waals surface area contributed by atoms with Gasteiger partial charge in [-0.2, -0.15) is 0 Å². The van der Waals surface area contributed by atoms with Gasteiger partial charge in [-0.1, -0.05) is 0 Å². The van der Waals surface area contributed by atoms with Crippen molar-refractivity contribution in [2.75, 3.05) is 33.3 Å². The fraction of sp³-hybridized carbons (Fsp3) is 0.923. The Labute approximate surface area is 243 Å². The Morgan fingerprint density at radius 2 is 1.85 bits per heavy atom. The maximum absolute atomic E-state index is 14.7. The molecule has 5 fully saturated rings. The van der Waals surface area contributed by atoms with E-state index in [1.807, 2.05) is 0 Å². The molecular weight excluding hydrogens is 569 g/mol. The van der Waals surface area contributed by atoms with Gasteiger partial charge in [0.25, 0.3) is 0 Å². The summed E-state index contributed by atoms with van der Waals surface area (Å²) in [5, 5.41) is 16.2. The number of hydrogen-bond acceptors (Lipinski definition) is 8. The van der Waals surface area contributed by atoms with Gasteiger partial charge in [0.15, 0.2) is 0 Å². The van der Waals surface area contributed by atoms with Gasteiger partial charge in [-0.15, -0.1) is 23.4 Å². The number of nitrogens with zero attached hydrogens (tertiary/aromatic N) is 1. The number of rotatable bonds is 6. The van der Waals surface area contributed by atoms with Gasteiger partial charge in [-0.05, 0) is 44.9 Å². The number of carbonyl (C=O) groups excluding carboxylic acids is 2. The van der Waals surface area contributed by atoms with Crippen LogP contribution in [0.1, 0.15) is 33.1 Å². The first-order valence-electron chi connectivity index (χ1n) is 14.4. The van der Waals surface area contributed by atoms with Crippen molar-refractivity contribution >= 4 is 35.2 Å². The van der Waals surface area contributed by atoms with E-state index in [0.717, 1.165) is 12.8 Å². The van der Waals surface area contributed by atoms with E-state index < -0.39 is 30.6 Å². The zero-order chi connectivity index (χ0) is 28.7. The molecule has 0 aromatic heterocycles. The molecule has 13 atom stereocenters. The minimum atomic E-state index is -2.63. The fourth-order valence-corrected chi connectivity index (χ4v) is 9.00. The minimum Gasteiger partial charge on any atom is -0.380 e. The van der Waals surface area contributed by atoms with Crippen LogP contribution < -0.4 is 26.6 Å². The summed E-state index contributed by atoms with van der Waals surface area (Å²) in [6.07, 6.45) is -3.01. The van der Waals surface area contributed by atoms with Gasteiger partial charge in [-0.25, -0.2) is 13.2 Å². The van der Waals surface area contributed by atoms with Crippen molar-refractivity contribution in [3.05, 3.63) is 0 Å². The molecule has 0 aromatic carbocycles. The standard InChI is InChI=1S/C26H42ClF3N6O3S/c1-11-4-14(15-6-21(27)32-8-19(15)39-3)16(7-31-11)24(37)35-26-34-18-9-36(10-20(18)40-26)25(38)22-17(28)5-13(23(29)30)12(2)33-22/h11-23,26,31-34H,4-10H2,1-3H3,(H,35,37). The summed E-state index contributed by atoms with van der Waals surface area (Å²) in [5.74, 6) is -1.43. The maximum atomic E-state index is 14.7. The Balaban J connectivity index is 1.15. The second-order valence-corrected chi connectivity index (χ2v) is 14.0. The molecule has 5 saturated heterocycles. The average molecular weight is 611 g/mol. The van der Waals surface area contributed by atoms with Crippen molar-refractivity contribution in [1.29, 1.82) is 0 Å². The zero-order valence-electron chi connectivity index (χ0n) is 23.1. The lowest BCUT2D eigenvalue weighted by molar-refractivity contribution is -0.137. The number of halogens is 4. The lowest BCUT2D eigenvalue weighted by Gasteiger charge is -2.45. The zero-order valence-corrected chi connectivity index (χ0v) is 24.7. The predicted octanol–water partition coefficient (Wildman–Crippen LogP) is 1.08. The molecule has 2 amide bonds. The number of ether oxygens (including phenoxy) is 1. The van der Waals surface area contributed by atoms with Crippen LogP contribution >= 0.6 is 23.4 Å². The lowest BCUT2D eigenvalue weighted by Crippen LogP contribution is -2.60. The quantitative estimate of drug-likeness (QED) is 0.225. The van der Waals surface area contributed by atoms with Crippen LogP contribution in [-0.4, -0.2) is 109 Å². The Kier molecular flexibility index (Phi) is 9.80. The Hall–Kier alpha value is -0.830. The van der Waals surface area contributed by atoms with Gasteiger partial charge in [-0.3, -0.25) is 20.2 Å². The summed E-state index contributed by atoms with van der Waals surface area (Å²) in [6, 6.07) is -1.51. The van der Waals surface area contributed by atoms with E-state index in [-0.39, 0.29) is 64.4 Å². The van der Waals surface area contributed by atoms with Crippen LogP contribution in [0, 0.1) is 23.7 Å². The molecule has 14 heteroatoms. The Morgan fingerprint density at radius 1 is 1.07 bits per heavy atom. The van der Waals surface area contributed by atoms with E-state index in [4.69, 9.17) is 16.3 Å². The third-order valence-corrected chi connectivity index (χ3v) is 11.3. The number of alkyl halides is 4. The first-order chi connectivity index (χ1) is 19.0. The summed E-state index contributed by atoms with van der Waals surface area (Å²) < 4.78 is 46.9. The molecule has 5 N–H and O–H groups in total. The maximum Gasteiger partial charge on any atom is 0.243 e. The monoisotopic (exact) mass is 610 g/mol. The molecule has 0 radical (unpaired) electrons. The van der Waals surface area contributed by atoms with E-state index in [1.165, 1.54) is 0 Å². The van der Waals surface area contributed by atoms with E-state index in [9.17, 15) is 22.8 Å². The molecule has 0 aliphatic carbocycles.